The van der Waals surface area contributed by atoms with Crippen molar-refractivity contribution in [2.24, 2.45) is 0 Å². The quantitative estimate of drug-likeness (QED) is 0.117. The number of methoxy groups -OCH3 is 2. The molecule has 10 heteroatoms. The summed E-state index contributed by atoms with van der Waals surface area (Å²) in [4.78, 5) is 12.9. The molecule has 0 amide bonds. The van der Waals surface area contributed by atoms with Gasteiger partial charge in [-0.05, 0) is 76.2 Å². The lowest BCUT2D eigenvalue weighted by molar-refractivity contribution is 0.412. The molecule has 6 aromatic carbocycles. The summed E-state index contributed by atoms with van der Waals surface area (Å²) in [6.45, 7) is 0. The van der Waals surface area contributed by atoms with Gasteiger partial charge in [-0.15, -0.1) is 0 Å². The number of ether oxygens (including phenoxy) is 2. The molecule has 0 bridgehead atoms. The number of phenols is 1. The molecule has 0 saturated carbocycles. The summed E-state index contributed by atoms with van der Waals surface area (Å²) in [5, 5.41) is 34.3. The van der Waals surface area contributed by atoms with Crippen molar-refractivity contribution in [3.8, 4) is 39.8 Å². The number of nitrogens with zero attached hydrogens (tertiary/aromatic N) is 3. The van der Waals surface area contributed by atoms with Gasteiger partial charge in [0.2, 0.25) is 0 Å². The highest BCUT2D eigenvalue weighted by Crippen LogP contribution is 2.29. The number of aromatic nitrogens is 3. The van der Waals surface area contributed by atoms with Gasteiger partial charge in [0, 0.05) is 45.9 Å². The summed E-state index contributed by atoms with van der Waals surface area (Å²) < 4.78 is 10.1. The van der Waals surface area contributed by atoms with Crippen LogP contribution in [0.1, 0.15) is 0 Å². The van der Waals surface area contributed by atoms with E-state index in [4.69, 9.17) is 31.1 Å². The van der Waals surface area contributed by atoms with Gasteiger partial charge in [-0.2, -0.15) is 0 Å². The monoisotopic (exact) mass is 771 g/mol. The van der Waals surface area contributed by atoms with Crippen molar-refractivity contribution in [3.63, 3.8) is 0 Å². The second kappa shape index (κ2) is 19.7. The smallest absolute Gasteiger partial charge is 0.488 e. The molecule has 0 radical (unpaired) electrons. The molecule has 9 aromatic rings. The molecule has 0 spiro atoms. The summed E-state index contributed by atoms with van der Waals surface area (Å²) >= 11 is 5.85. The van der Waals surface area contributed by atoms with Crippen LogP contribution in [0.25, 0.3) is 54.8 Å². The van der Waals surface area contributed by atoms with E-state index in [-0.39, 0.29) is 5.75 Å². The minimum Gasteiger partial charge on any atom is -0.508 e. The van der Waals surface area contributed by atoms with Gasteiger partial charge in [0.25, 0.3) is 0 Å². The molecule has 282 valence electrons. The summed E-state index contributed by atoms with van der Waals surface area (Å²) in [5.41, 5.74) is 4.34. The maximum absolute atomic E-state index is 9.52. The Balaban J connectivity index is 0.000000132. The standard InChI is InChI=1S/C16H13NO.C15H11NO.C9H6ClN.C7H9BO3/c1-18-14-7-4-6-13(11-14)16-15-8-3-2-5-12(15)9-10-17-16;17-13-6-3-5-12(10-13)15-14-7-2-1-4-11(14)8-9-16-15;10-9-8-4-2-1-3-7(8)5-6-11-9;1-11-7-4-2-3-6(5-7)8(9)10/h2-11H,1H3;1-10,17H;1-6H;2-5,9-10H,1H3. The number of fused-ring (bicyclic) bond motifs is 3. The van der Waals surface area contributed by atoms with Gasteiger partial charge >= 0.3 is 7.12 Å². The Labute approximate surface area is 336 Å². The largest absolute Gasteiger partial charge is 0.508 e. The zero-order valence-electron chi connectivity index (χ0n) is 31.3. The predicted octanol–water partition coefficient (Wildman–Crippen LogP) is 9.78. The molecule has 0 atom stereocenters. The zero-order chi connectivity index (χ0) is 40.0. The fourth-order valence-electron chi connectivity index (χ4n) is 6.01. The second-order valence-electron chi connectivity index (χ2n) is 12.5. The molecule has 0 fully saturated rings. The third-order valence-corrected chi connectivity index (χ3v) is 9.13. The van der Waals surface area contributed by atoms with Crippen LogP contribution in [-0.2, 0) is 0 Å². The van der Waals surface area contributed by atoms with E-state index in [1.807, 2.05) is 109 Å². The third-order valence-electron chi connectivity index (χ3n) is 8.83. The molecule has 0 aliphatic heterocycles. The van der Waals surface area contributed by atoms with Gasteiger partial charge in [0.05, 0.1) is 25.6 Å². The molecule has 8 nitrogen and oxygen atoms in total. The Morgan fingerprint density at radius 2 is 0.930 bits per heavy atom. The molecular formula is C47H39BClN3O5. The highest BCUT2D eigenvalue weighted by Gasteiger charge is 2.10. The zero-order valence-corrected chi connectivity index (χ0v) is 32.0. The van der Waals surface area contributed by atoms with Crippen molar-refractivity contribution in [2.75, 3.05) is 14.2 Å². The van der Waals surface area contributed by atoms with Crippen LogP contribution in [0.3, 0.4) is 0 Å². The van der Waals surface area contributed by atoms with Gasteiger partial charge < -0.3 is 24.6 Å². The molecule has 3 N–H and O–H groups in total. The molecule has 3 heterocycles. The van der Waals surface area contributed by atoms with Crippen molar-refractivity contribution in [3.05, 3.63) is 188 Å². The summed E-state index contributed by atoms with van der Waals surface area (Å²) in [7, 11) is 1.78. The Kier molecular flexibility index (Phi) is 13.8. The van der Waals surface area contributed by atoms with Crippen molar-refractivity contribution >= 4 is 56.5 Å². The van der Waals surface area contributed by atoms with Crippen LogP contribution in [0.15, 0.2) is 182 Å². The van der Waals surface area contributed by atoms with Gasteiger partial charge in [-0.25, -0.2) is 4.98 Å². The van der Waals surface area contributed by atoms with Crippen molar-refractivity contribution in [1.82, 2.24) is 15.0 Å². The number of benzene rings is 6. The third kappa shape index (κ3) is 10.5. The Hall–Kier alpha value is -6.78. The van der Waals surface area contributed by atoms with Crippen LogP contribution in [0.2, 0.25) is 5.15 Å². The first-order valence-electron chi connectivity index (χ1n) is 18.0. The number of aromatic hydroxyl groups is 1. The molecule has 0 saturated heterocycles. The first kappa shape index (κ1) is 39.9. The van der Waals surface area contributed by atoms with Crippen LogP contribution in [0.5, 0.6) is 17.2 Å². The Bertz CT molecular complexity index is 2700. The Morgan fingerprint density at radius 3 is 1.46 bits per heavy atom. The normalized spacial score (nSPS) is 10.3. The van der Waals surface area contributed by atoms with Crippen molar-refractivity contribution in [2.45, 2.75) is 0 Å². The molecule has 9 rings (SSSR count). The number of halogens is 1. The first-order valence-corrected chi connectivity index (χ1v) is 18.3. The molecule has 0 unspecified atom stereocenters. The minimum atomic E-state index is -1.43. The number of phenolic OH excluding ortho intramolecular Hbond substituents is 1. The average Bonchev–Trinajstić information content (AvgIpc) is 3.27. The van der Waals surface area contributed by atoms with E-state index in [2.05, 4.69) is 39.2 Å². The minimum absolute atomic E-state index is 0.261. The van der Waals surface area contributed by atoms with E-state index in [0.29, 0.717) is 16.4 Å². The van der Waals surface area contributed by atoms with Crippen LogP contribution >= 0.6 is 11.6 Å². The highest BCUT2D eigenvalue weighted by atomic mass is 35.5. The van der Waals surface area contributed by atoms with Crippen LogP contribution in [0, 0.1) is 0 Å². The van der Waals surface area contributed by atoms with E-state index < -0.39 is 7.12 Å². The fraction of sp³-hybridized carbons (Fsp3) is 0.0426. The number of hydrogen-bond acceptors (Lipinski definition) is 8. The van der Waals surface area contributed by atoms with E-state index in [1.54, 1.807) is 55.9 Å². The number of hydrogen-bond donors (Lipinski definition) is 3. The Morgan fingerprint density at radius 1 is 0.474 bits per heavy atom. The molecule has 0 aliphatic rings. The molecular weight excluding hydrogens is 733 g/mol. The van der Waals surface area contributed by atoms with Gasteiger partial charge in [0.15, 0.2) is 0 Å². The topological polar surface area (TPSA) is 118 Å². The van der Waals surface area contributed by atoms with Crippen LogP contribution < -0.4 is 14.9 Å². The van der Waals surface area contributed by atoms with E-state index in [1.165, 1.54) is 12.5 Å². The molecule has 3 aromatic heterocycles. The number of rotatable bonds is 5. The van der Waals surface area contributed by atoms with E-state index >= 15 is 0 Å². The molecule has 57 heavy (non-hydrogen) atoms. The maximum Gasteiger partial charge on any atom is 0.488 e. The second-order valence-corrected chi connectivity index (χ2v) is 12.9. The van der Waals surface area contributed by atoms with Crippen molar-refractivity contribution < 1.29 is 24.6 Å². The SMILES string of the molecule is COc1cccc(-c2nccc3ccccc23)c1.COc1cccc(B(O)O)c1.Clc1nccc2ccccc12.Oc1cccc(-c2nccc3ccccc23)c1. The first-order chi connectivity index (χ1) is 27.8. The van der Waals surface area contributed by atoms with Crippen LogP contribution in [-0.4, -0.2) is 51.4 Å². The van der Waals surface area contributed by atoms with E-state index in [9.17, 15) is 5.11 Å². The fourth-order valence-corrected chi connectivity index (χ4v) is 6.24. The molecule has 0 aliphatic carbocycles. The summed E-state index contributed by atoms with van der Waals surface area (Å²) in [6, 6.07) is 52.0. The highest BCUT2D eigenvalue weighted by molar-refractivity contribution is 6.58. The summed E-state index contributed by atoms with van der Waals surface area (Å²) in [6.07, 6.45) is 5.35. The predicted molar refractivity (Wildman–Crippen MR) is 232 cm³/mol. The van der Waals surface area contributed by atoms with Crippen LogP contribution in [0.4, 0.5) is 0 Å². The average molecular weight is 772 g/mol. The van der Waals surface area contributed by atoms with Gasteiger partial charge in [0.1, 0.15) is 22.4 Å². The summed E-state index contributed by atoms with van der Waals surface area (Å²) in [5.74, 6) is 1.73. The van der Waals surface area contributed by atoms with Crippen molar-refractivity contribution in [1.29, 1.82) is 0 Å². The number of pyridine rings is 3. The lowest BCUT2D eigenvalue weighted by Crippen LogP contribution is -2.29. The lowest BCUT2D eigenvalue weighted by atomic mass is 9.80. The van der Waals surface area contributed by atoms with Gasteiger partial charge in [-0.3, -0.25) is 9.97 Å². The lowest BCUT2D eigenvalue weighted by Gasteiger charge is -2.07. The van der Waals surface area contributed by atoms with Gasteiger partial charge in [-0.1, -0.05) is 121 Å². The van der Waals surface area contributed by atoms with E-state index in [0.717, 1.165) is 55.2 Å². The maximum atomic E-state index is 9.52.